The molecule has 26 heavy (non-hydrogen) atoms. The molecule has 0 aromatic heterocycles. The molecule has 3 rings (SSSR count). The quantitative estimate of drug-likeness (QED) is 0.748. The molecule has 0 unspecified atom stereocenters. The molecule has 1 aromatic rings. The average molecular weight is 378 g/mol. The first-order valence-corrected chi connectivity index (χ1v) is 10.4. The first-order valence-electron chi connectivity index (χ1n) is 8.61. The molecule has 2 saturated heterocycles. The van der Waals surface area contributed by atoms with Gasteiger partial charge >= 0.3 is 0 Å². The highest BCUT2D eigenvalue weighted by Crippen LogP contribution is 2.36. The van der Waals surface area contributed by atoms with Crippen molar-refractivity contribution in [3.8, 4) is 0 Å². The van der Waals surface area contributed by atoms with Crippen molar-refractivity contribution in [2.45, 2.75) is 37.6 Å². The van der Waals surface area contributed by atoms with Gasteiger partial charge in [-0.15, -0.1) is 0 Å². The van der Waals surface area contributed by atoms with Gasteiger partial charge in [-0.1, -0.05) is 30.3 Å². The highest BCUT2D eigenvalue weighted by atomic mass is 32.2. The number of nitrogens with zero attached hydrogens (tertiary/aromatic N) is 1. The van der Waals surface area contributed by atoms with Gasteiger partial charge in [0, 0.05) is 25.4 Å². The number of hydrogen-bond acceptors (Lipinski definition) is 5. The number of imide groups is 1. The van der Waals surface area contributed by atoms with Gasteiger partial charge in [0.2, 0.25) is 17.7 Å². The van der Waals surface area contributed by atoms with Crippen LogP contribution in [0, 0.1) is 0 Å². The summed E-state index contributed by atoms with van der Waals surface area (Å²) in [7, 11) is -3.07. The number of carbonyl (C=O) groups is 3. The lowest BCUT2D eigenvalue weighted by atomic mass is 9.81. The van der Waals surface area contributed by atoms with Crippen LogP contribution in [0.1, 0.15) is 31.7 Å². The van der Waals surface area contributed by atoms with Crippen molar-refractivity contribution in [3.63, 3.8) is 0 Å². The Bertz CT molecular complexity index is 836. The van der Waals surface area contributed by atoms with Crippen LogP contribution < -0.4 is 5.32 Å². The fourth-order valence-corrected chi connectivity index (χ4v) is 5.24. The smallest absolute Gasteiger partial charge is 0.240 e. The summed E-state index contributed by atoms with van der Waals surface area (Å²) < 4.78 is 22.9. The molecule has 0 aliphatic carbocycles. The summed E-state index contributed by atoms with van der Waals surface area (Å²) in [5.41, 5.74) is -0.129. The Morgan fingerprint density at radius 1 is 1.27 bits per heavy atom. The van der Waals surface area contributed by atoms with Crippen molar-refractivity contribution in [3.05, 3.63) is 35.9 Å². The Hall–Kier alpha value is -2.22. The molecule has 0 bridgehead atoms. The minimum Gasteiger partial charge on any atom is -0.352 e. The summed E-state index contributed by atoms with van der Waals surface area (Å²) in [6.45, 7) is 1.75. The fraction of sp³-hybridized carbons (Fsp3) is 0.500. The van der Waals surface area contributed by atoms with E-state index in [1.54, 1.807) is 6.92 Å². The molecule has 2 aliphatic rings. The van der Waals surface area contributed by atoms with Crippen LogP contribution >= 0.6 is 0 Å². The van der Waals surface area contributed by atoms with Crippen LogP contribution in [-0.2, 0) is 29.6 Å². The first-order chi connectivity index (χ1) is 12.2. The Morgan fingerprint density at radius 2 is 1.96 bits per heavy atom. The van der Waals surface area contributed by atoms with E-state index < -0.39 is 15.3 Å². The number of carbonyl (C=O) groups excluding carboxylic acids is 3. The van der Waals surface area contributed by atoms with Crippen molar-refractivity contribution in [1.82, 2.24) is 10.2 Å². The van der Waals surface area contributed by atoms with Gasteiger partial charge < -0.3 is 5.32 Å². The monoisotopic (exact) mass is 378 g/mol. The largest absolute Gasteiger partial charge is 0.352 e. The van der Waals surface area contributed by atoms with E-state index in [9.17, 15) is 22.8 Å². The van der Waals surface area contributed by atoms with Crippen molar-refractivity contribution >= 4 is 27.6 Å². The third-order valence-electron chi connectivity index (χ3n) is 5.09. The van der Waals surface area contributed by atoms with Crippen LogP contribution in [0.4, 0.5) is 0 Å². The Balaban J connectivity index is 1.59. The molecular formula is C18H22N2O5S. The molecule has 2 heterocycles. The van der Waals surface area contributed by atoms with Crippen molar-refractivity contribution in [2.24, 2.45) is 0 Å². The van der Waals surface area contributed by atoms with E-state index in [0.717, 1.165) is 10.5 Å². The molecular weight excluding hydrogens is 356 g/mol. The molecule has 7 nitrogen and oxygen atoms in total. The second-order valence-electron chi connectivity index (χ2n) is 7.14. The second kappa shape index (κ2) is 6.83. The predicted molar refractivity (Wildman–Crippen MR) is 94.9 cm³/mol. The lowest BCUT2D eigenvalue weighted by Gasteiger charge is -2.22. The average Bonchev–Trinajstić information content (AvgIpc) is 3.04. The minimum absolute atomic E-state index is 0.00535. The van der Waals surface area contributed by atoms with Crippen LogP contribution in [-0.4, -0.2) is 55.1 Å². The maximum Gasteiger partial charge on any atom is 0.240 e. The molecule has 0 spiro atoms. The lowest BCUT2D eigenvalue weighted by molar-refractivity contribution is -0.140. The molecule has 0 saturated carbocycles. The van der Waals surface area contributed by atoms with Crippen LogP contribution in [0.15, 0.2) is 30.3 Å². The number of hydrogen-bond donors (Lipinski definition) is 1. The number of nitrogens with one attached hydrogen (secondary N) is 1. The van der Waals surface area contributed by atoms with Crippen molar-refractivity contribution in [1.29, 1.82) is 0 Å². The van der Waals surface area contributed by atoms with Gasteiger partial charge in [0.15, 0.2) is 9.84 Å². The van der Waals surface area contributed by atoms with E-state index in [0.29, 0.717) is 6.42 Å². The van der Waals surface area contributed by atoms with Gasteiger partial charge in [-0.05, 0) is 18.9 Å². The topological polar surface area (TPSA) is 101 Å². The zero-order valence-corrected chi connectivity index (χ0v) is 15.4. The highest BCUT2D eigenvalue weighted by molar-refractivity contribution is 7.91. The highest BCUT2D eigenvalue weighted by Gasteiger charge is 2.49. The second-order valence-corrected chi connectivity index (χ2v) is 9.37. The van der Waals surface area contributed by atoms with Gasteiger partial charge in [-0.3, -0.25) is 19.3 Å². The number of benzene rings is 1. The van der Waals surface area contributed by atoms with Gasteiger partial charge in [-0.25, -0.2) is 8.42 Å². The van der Waals surface area contributed by atoms with Gasteiger partial charge in [0.05, 0.1) is 16.9 Å². The van der Waals surface area contributed by atoms with Crippen LogP contribution in [0.3, 0.4) is 0 Å². The lowest BCUT2D eigenvalue weighted by Crippen LogP contribution is -2.41. The summed E-state index contributed by atoms with van der Waals surface area (Å²) in [6.07, 6.45) is 0.457. The first kappa shape index (κ1) is 18.6. The van der Waals surface area contributed by atoms with Crippen LogP contribution in [0.25, 0.3) is 0 Å². The van der Waals surface area contributed by atoms with E-state index in [-0.39, 0.29) is 54.7 Å². The molecule has 140 valence electrons. The Labute approximate surface area is 152 Å². The molecule has 3 amide bonds. The normalized spacial score (nSPS) is 27.7. The summed E-state index contributed by atoms with van der Waals surface area (Å²) in [5.74, 6) is -0.911. The molecule has 0 radical (unpaired) electrons. The van der Waals surface area contributed by atoms with E-state index in [1.807, 2.05) is 30.3 Å². The molecule has 2 aliphatic heterocycles. The SMILES string of the molecule is C[C@]1(c2ccccc2)CC(=O)N(CCC(=O)N[C@H]2CCS(=O)(=O)C2)C1=O. The summed E-state index contributed by atoms with van der Waals surface area (Å²) >= 11 is 0. The minimum atomic E-state index is -3.07. The number of rotatable bonds is 5. The number of amides is 3. The van der Waals surface area contributed by atoms with Crippen molar-refractivity contribution < 1.29 is 22.8 Å². The van der Waals surface area contributed by atoms with E-state index in [4.69, 9.17) is 0 Å². The third-order valence-corrected chi connectivity index (χ3v) is 6.86. The number of likely N-dealkylation sites (tertiary alicyclic amines) is 1. The Morgan fingerprint density at radius 3 is 2.58 bits per heavy atom. The van der Waals surface area contributed by atoms with Crippen molar-refractivity contribution in [2.75, 3.05) is 18.1 Å². The van der Waals surface area contributed by atoms with Gasteiger partial charge in [0.1, 0.15) is 0 Å². The standard InChI is InChI=1S/C18H22N2O5S/c1-18(13-5-3-2-4-6-13)11-16(22)20(17(18)23)9-7-15(21)19-14-8-10-26(24,25)12-14/h2-6,14H,7-12H2,1H3,(H,19,21)/t14-,18+/m0/s1. The predicted octanol–water partition coefficient (Wildman–Crippen LogP) is 0.397. The maximum absolute atomic E-state index is 12.8. The zero-order valence-electron chi connectivity index (χ0n) is 14.6. The summed E-state index contributed by atoms with van der Waals surface area (Å²) in [5, 5.41) is 2.67. The molecule has 1 N–H and O–H groups in total. The number of sulfone groups is 1. The zero-order chi connectivity index (χ0) is 18.9. The molecule has 2 fully saturated rings. The van der Waals surface area contributed by atoms with Crippen LogP contribution in [0.2, 0.25) is 0 Å². The summed E-state index contributed by atoms with van der Waals surface area (Å²) in [6, 6.07) is 8.75. The summed E-state index contributed by atoms with van der Waals surface area (Å²) in [4.78, 5) is 38.3. The molecule has 1 aromatic carbocycles. The maximum atomic E-state index is 12.8. The van der Waals surface area contributed by atoms with Gasteiger partial charge in [0.25, 0.3) is 0 Å². The van der Waals surface area contributed by atoms with E-state index in [1.165, 1.54) is 0 Å². The van der Waals surface area contributed by atoms with Gasteiger partial charge in [-0.2, -0.15) is 0 Å². The van der Waals surface area contributed by atoms with E-state index in [2.05, 4.69) is 5.32 Å². The molecule has 2 atom stereocenters. The van der Waals surface area contributed by atoms with Crippen LogP contribution in [0.5, 0.6) is 0 Å². The fourth-order valence-electron chi connectivity index (χ4n) is 3.56. The third kappa shape index (κ3) is 3.65. The van der Waals surface area contributed by atoms with E-state index >= 15 is 0 Å². The molecule has 8 heteroatoms. The Kier molecular flexibility index (Phi) is 4.88.